The van der Waals surface area contributed by atoms with E-state index in [0.717, 1.165) is 23.3 Å². The summed E-state index contributed by atoms with van der Waals surface area (Å²) in [7, 11) is 1.56. The highest BCUT2D eigenvalue weighted by atomic mass is 35.5. The lowest BCUT2D eigenvalue weighted by atomic mass is 10.1. The highest BCUT2D eigenvalue weighted by Crippen LogP contribution is 2.30. The van der Waals surface area contributed by atoms with E-state index in [1.54, 1.807) is 43.6 Å². The van der Waals surface area contributed by atoms with Gasteiger partial charge in [0.25, 0.3) is 5.91 Å². The quantitative estimate of drug-likeness (QED) is 0.145. The molecule has 1 aromatic heterocycles. The fourth-order valence-corrected chi connectivity index (χ4v) is 4.69. The molecule has 1 amide bonds. The number of halogens is 2. The van der Waals surface area contributed by atoms with Crippen LogP contribution in [-0.2, 0) is 11.2 Å². The number of methoxy groups -OCH3 is 1. The Balaban J connectivity index is 1.65. The minimum Gasteiger partial charge on any atom is -0.493 e. The molecule has 9 heteroatoms. The minimum atomic E-state index is -0.543. The molecule has 6 nitrogen and oxygen atoms in total. The number of hydrogen-bond donors (Lipinski definition) is 1. The van der Waals surface area contributed by atoms with Crippen molar-refractivity contribution in [2.75, 3.05) is 19.0 Å². The first-order valence-electron chi connectivity index (χ1n) is 11.6. The second-order valence-electron chi connectivity index (χ2n) is 7.99. The van der Waals surface area contributed by atoms with E-state index in [4.69, 9.17) is 32.7 Å². The molecule has 1 heterocycles. The topological polar surface area (TPSA) is 84.2 Å². The molecule has 0 fully saturated rings. The van der Waals surface area contributed by atoms with Gasteiger partial charge in [-0.3, -0.25) is 10.1 Å². The van der Waals surface area contributed by atoms with Crippen LogP contribution in [0.4, 0.5) is 5.13 Å². The molecule has 3 rings (SSSR count). The Bertz CT molecular complexity index is 1270. The van der Waals surface area contributed by atoms with Crippen molar-refractivity contribution in [2.45, 2.75) is 39.0 Å². The lowest BCUT2D eigenvalue weighted by molar-refractivity contribution is -0.112. The van der Waals surface area contributed by atoms with Gasteiger partial charge < -0.3 is 9.47 Å². The van der Waals surface area contributed by atoms with E-state index in [2.05, 4.69) is 17.2 Å². The average Bonchev–Trinajstić information content (AvgIpc) is 3.31. The zero-order valence-corrected chi connectivity index (χ0v) is 22.5. The van der Waals surface area contributed by atoms with Crippen LogP contribution >= 0.6 is 34.5 Å². The van der Waals surface area contributed by atoms with E-state index in [0.29, 0.717) is 45.3 Å². The number of benzene rings is 2. The van der Waals surface area contributed by atoms with Crippen molar-refractivity contribution >= 4 is 51.7 Å². The van der Waals surface area contributed by atoms with Crippen LogP contribution in [-0.4, -0.2) is 24.6 Å². The largest absolute Gasteiger partial charge is 0.493 e. The van der Waals surface area contributed by atoms with E-state index < -0.39 is 5.91 Å². The Morgan fingerprint density at radius 3 is 2.72 bits per heavy atom. The first-order valence-corrected chi connectivity index (χ1v) is 13.1. The monoisotopic (exact) mass is 543 g/mol. The number of thiazole rings is 1. The van der Waals surface area contributed by atoms with Crippen LogP contribution in [0.3, 0.4) is 0 Å². The number of anilines is 1. The van der Waals surface area contributed by atoms with Gasteiger partial charge in [0, 0.05) is 27.5 Å². The molecule has 188 valence electrons. The zero-order chi connectivity index (χ0) is 25.9. The van der Waals surface area contributed by atoms with Crippen LogP contribution in [0.25, 0.3) is 6.08 Å². The van der Waals surface area contributed by atoms with Gasteiger partial charge in [-0.1, -0.05) is 61.5 Å². The van der Waals surface area contributed by atoms with Gasteiger partial charge in [0.1, 0.15) is 11.6 Å². The molecule has 0 atom stereocenters. The molecule has 3 aromatic rings. The fourth-order valence-electron chi connectivity index (χ4n) is 3.38. The van der Waals surface area contributed by atoms with Gasteiger partial charge in [0.05, 0.1) is 13.7 Å². The highest BCUT2D eigenvalue weighted by molar-refractivity contribution is 7.15. The number of amides is 1. The van der Waals surface area contributed by atoms with Gasteiger partial charge in [0.15, 0.2) is 16.6 Å². The number of unbranched alkanes of at least 4 members (excludes halogenated alkanes) is 3. The normalized spacial score (nSPS) is 11.1. The summed E-state index contributed by atoms with van der Waals surface area (Å²) in [6, 6.07) is 12.6. The molecule has 0 bridgehead atoms. The standard InChI is InChI=1S/C27H27Cl2N3O3S/c1-3-4-5-6-11-35-24-10-7-18(13-25(24)34-2)12-20(16-30)26(33)32-27-31-17-22(36-27)14-19-8-9-21(28)15-23(19)29/h7-10,12-13,15,17H,3-6,11,14H2,1-2H3,(H,31,32,33)/b20-12+. The van der Waals surface area contributed by atoms with Crippen LogP contribution in [0, 0.1) is 11.3 Å². The van der Waals surface area contributed by atoms with Crippen LogP contribution in [0.1, 0.15) is 48.6 Å². The number of ether oxygens (including phenoxy) is 2. The van der Waals surface area contributed by atoms with E-state index in [9.17, 15) is 10.1 Å². The summed E-state index contributed by atoms with van der Waals surface area (Å²) in [4.78, 5) is 17.9. The molecular weight excluding hydrogens is 517 g/mol. The molecule has 0 radical (unpaired) electrons. The predicted molar refractivity (Wildman–Crippen MR) is 146 cm³/mol. The Kier molecular flexibility index (Phi) is 10.6. The van der Waals surface area contributed by atoms with Crippen LogP contribution in [0.5, 0.6) is 11.5 Å². The third-order valence-electron chi connectivity index (χ3n) is 5.27. The number of carbonyl (C=O) groups is 1. The lowest BCUT2D eigenvalue weighted by Crippen LogP contribution is -2.13. The molecule has 0 unspecified atom stereocenters. The van der Waals surface area contributed by atoms with Crippen molar-refractivity contribution < 1.29 is 14.3 Å². The first-order chi connectivity index (χ1) is 17.4. The highest BCUT2D eigenvalue weighted by Gasteiger charge is 2.14. The van der Waals surface area contributed by atoms with Crippen molar-refractivity contribution in [3.8, 4) is 17.6 Å². The van der Waals surface area contributed by atoms with Crippen LogP contribution in [0.2, 0.25) is 10.0 Å². The van der Waals surface area contributed by atoms with Gasteiger partial charge in [-0.25, -0.2) is 4.98 Å². The molecule has 0 aliphatic carbocycles. The van der Waals surface area contributed by atoms with Crippen LogP contribution in [0.15, 0.2) is 48.2 Å². The molecule has 2 aromatic carbocycles. The third kappa shape index (κ3) is 7.99. The Hall–Kier alpha value is -3.05. The number of nitriles is 1. The molecule has 0 aliphatic rings. The van der Waals surface area contributed by atoms with Crippen LogP contribution < -0.4 is 14.8 Å². The molecule has 1 N–H and O–H groups in total. The Morgan fingerprint density at radius 2 is 2.00 bits per heavy atom. The Labute approximate surface area is 225 Å². The number of aromatic nitrogens is 1. The van der Waals surface area contributed by atoms with E-state index in [1.807, 2.05) is 12.1 Å². The van der Waals surface area contributed by atoms with Crippen molar-refractivity contribution in [1.82, 2.24) is 4.98 Å². The van der Waals surface area contributed by atoms with Crippen molar-refractivity contribution in [3.63, 3.8) is 0 Å². The Morgan fingerprint density at radius 1 is 1.17 bits per heavy atom. The zero-order valence-electron chi connectivity index (χ0n) is 20.1. The van der Waals surface area contributed by atoms with Crippen molar-refractivity contribution in [3.05, 3.63) is 74.2 Å². The third-order valence-corrected chi connectivity index (χ3v) is 6.77. The average molecular weight is 545 g/mol. The van der Waals surface area contributed by atoms with Gasteiger partial charge in [-0.15, -0.1) is 11.3 Å². The number of hydrogen-bond acceptors (Lipinski definition) is 6. The van der Waals surface area contributed by atoms with Gasteiger partial charge in [-0.05, 0) is 47.9 Å². The van der Waals surface area contributed by atoms with Crippen molar-refractivity contribution in [1.29, 1.82) is 5.26 Å². The maximum absolute atomic E-state index is 12.7. The summed E-state index contributed by atoms with van der Waals surface area (Å²) in [6.07, 6.45) is 8.18. The summed E-state index contributed by atoms with van der Waals surface area (Å²) in [5.74, 6) is 0.630. The number of carbonyl (C=O) groups excluding carboxylic acids is 1. The number of nitrogens with zero attached hydrogens (tertiary/aromatic N) is 2. The maximum atomic E-state index is 12.7. The molecule has 0 saturated heterocycles. The summed E-state index contributed by atoms with van der Waals surface area (Å²) in [5.41, 5.74) is 1.50. The summed E-state index contributed by atoms with van der Waals surface area (Å²) in [5, 5.41) is 13.8. The van der Waals surface area contributed by atoms with E-state index in [-0.39, 0.29) is 5.57 Å². The SMILES string of the molecule is CCCCCCOc1ccc(/C=C(\C#N)C(=O)Nc2ncc(Cc3ccc(Cl)cc3Cl)s2)cc1OC. The summed E-state index contributed by atoms with van der Waals surface area (Å²) >= 11 is 13.5. The van der Waals surface area contributed by atoms with Gasteiger partial charge in [0.2, 0.25) is 0 Å². The molecule has 36 heavy (non-hydrogen) atoms. The predicted octanol–water partition coefficient (Wildman–Crippen LogP) is 7.55. The molecule has 0 spiro atoms. The fraction of sp³-hybridized carbons (Fsp3) is 0.296. The second kappa shape index (κ2) is 13.9. The van der Waals surface area contributed by atoms with Crippen molar-refractivity contribution in [2.24, 2.45) is 0 Å². The maximum Gasteiger partial charge on any atom is 0.268 e. The minimum absolute atomic E-state index is 0.0530. The molecule has 0 aliphatic heterocycles. The first kappa shape index (κ1) is 27.5. The van der Waals surface area contributed by atoms with Gasteiger partial charge >= 0.3 is 0 Å². The second-order valence-corrected chi connectivity index (χ2v) is 9.95. The lowest BCUT2D eigenvalue weighted by Gasteiger charge is -2.11. The summed E-state index contributed by atoms with van der Waals surface area (Å²) in [6.45, 7) is 2.77. The molecular formula is C27H27Cl2N3O3S. The smallest absolute Gasteiger partial charge is 0.268 e. The van der Waals surface area contributed by atoms with Gasteiger partial charge in [-0.2, -0.15) is 5.26 Å². The number of nitrogens with one attached hydrogen (secondary N) is 1. The van der Waals surface area contributed by atoms with E-state index >= 15 is 0 Å². The number of rotatable bonds is 12. The van der Waals surface area contributed by atoms with E-state index in [1.165, 1.54) is 30.3 Å². The summed E-state index contributed by atoms with van der Waals surface area (Å²) < 4.78 is 11.3. The molecule has 0 saturated carbocycles.